The van der Waals surface area contributed by atoms with Gasteiger partial charge in [-0.3, -0.25) is 4.79 Å². The summed E-state index contributed by atoms with van der Waals surface area (Å²) in [5.41, 5.74) is 4.47. The molecule has 0 radical (unpaired) electrons. The van der Waals surface area contributed by atoms with Crippen molar-refractivity contribution in [3.05, 3.63) is 64.7 Å². The Hall–Kier alpha value is -1.63. The van der Waals surface area contributed by atoms with Crippen molar-refractivity contribution in [2.45, 2.75) is 11.9 Å². The predicted molar refractivity (Wildman–Crippen MR) is 112 cm³/mol. The molecule has 0 unspecified atom stereocenters. The largest absolute Gasteiger partial charge is 0.489 e. The molecule has 7 heteroatoms. The molecule has 1 heterocycles. The normalized spacial score (nSPS) is 14.2. The number of hydrogen-bond acceptors (Lipinski definition) is 5. The van der Waals surface area contributed by atoms with E-state index in [1.807, 2.05) is 60.3 Å². The molecule has 1 fully saturated rings. The van der Waals surface area contributed by atoms with E-state index in [1.165, 1.54) is 11.8 Å². The first-order valence-electron chi connectivity index (χ1n) is 8.18. The number of hydrogen-bond donors (Lipinski definition) is 1. The molecule has 4 nitrogen and oxygen atoms in total. The van der Waals surface area contributed by atoms with Gasteiger partial charge in [0.1, 0.15) is 11.9 Å². The number of hydrazone groups is 1. The van der Waals surface area contributed by atoms with Crippen molar-refractivity contribution in [2.75, 3.05) is 17.3 Å². The Balaban J connectivity index is 1.37. The Morgan fingerprint density at radius 1 is 1.27 bits per heavy atom. The second kappa shape index (κ2) is 9.90. The van der Waals surface area contributed by atoms with E-state index in [4.69, 9.17) is 16.3 Å². The smallest absolute Gasteiger partial charge is 0.250 e. The summed E-state index contributed by atoms with van der Waals surface area (Å²) in [5, 5.41) is 4.72. The fraction of sp³-hybridized carbons (Fsp3) is 0.263. The highest BCUT2D eigenvalue weighted by Crippen LogP contribution is 2.24. The maximum atomic E-state index is 11.8. The SMILES string of the molecule is O=C(CSCc1ccccc1Cl)NN=Cc1ccc(OC2CSC2)cc1. The van der Waals surface area contributed by atoms with Crippen LogP contribution in [0, 0.1) is 0 Å². The molecular weight excluding hydrogens is 388 g/mol. The highest BCUT2D eigenvalue weighted by Gasteiger charge is 2.19. The minimum atomic E-state index is -0.138. The van der Waals surface area contributed by atoms with Crippen LogP contribution in [0.4, 0.5) is 0 Å². The van der Waals surface area contributed by atoms with Crippen LogP contribution in [-0.4, -0.2) is 35.5 Å². The van der Waals surface area contributed by atoms with Crippen molar-refractivity contribution in [3.8, 4) is 5.75 Å². The molecule has 0 aromatic heterocycles. The third-order valence-corrected chi connectivity index (χ3v) is 6.21. The summed E-state index contributed by atoms with van der Waals surface area (Å²) in [5.74, 6) is 3.87. The lowest BCUT2D eigenvalue weighted by atomic mass is 10.2. The van der Waals surface area contributed by atoms with Gasteiger partial charge in [0.2, 0.25) is 5.91 Å². The van der Waals surface area contributed by atoms with Crippen molar-refractivity contribution in [3.63, 3.8) is 0 Å². The average molecular weight is 407 g/mol. The van der Waals surface area contributed by atoms with Gasteiger partial charge in [-0.15, -0.1) is 11.8 Å². The first-order chi connectivity index (χ1) is 12.7. The molecule has 1 saturated heterocycles. The number of thioether (sulfide) groups is 2. The van der Waals surface area contributed by atoms with Crippen LogP contribution in [0.15, 0.2) is 53.6 Å². The summed E-state index contributed by atoms with van der Waals surface area (Å²) in [6, 6.07) is 15.3. The van der Waals surface area contributed by atoms with Gasteiger partial charge in [-0.25, -0.2) is 5.43 Å². The minimum Gasteiger partial charge on any atom is -0.489 e. The van der Waals surface area contributed by atoms with E-state index >= 15 is 0 Å². The topological polar surface area (TPSA) is 50.7 Å². The predicted octanol–water partition coefficient (Wildman–Crippen LogP) is 4.22. The van der Waals surface area contributed by atoms with Gasteiger partial charge < -0.3 is 4.74 Å². The van der Waals surface area contributed by atoms with Crippen LogP contribution in [0.5, 0.6) is 5.75 Å². The van der Waals surface area contributed by atoms with Crippen LogP contribution in [0.25, 0.3) is 0 Å². The van der Waals surface area contributed by atoms with Gasteiger partial charge in [-0.2, -0.15) is 16.9 Å². The highest BCUT2D eigenvalue weighted by molar-refractivity contribution is 8.00. The number of carbonyl (C=O) groups is 1. The van der Waals surface area contributed by atoms with Gasteiger partial charge >= 0.3 is 0 Å². The average Bonchev–Trinajstić information content (AvgIpc) is 2.61. The summed E-state index contributed by atoms with van der Waals surface area (Å²) in [6.07, 6.45) is 1.96. The molecule has 3 rings (SSSR count). The number of nitrogens with one attached hydrogen (secondary N) is 1. The highest BCUT2D eigenvalue weighted by atomic mass is 35.5. The van der Waals surface area contributed by atoms with Crippen LogP contribution in [0.2, 0.25) is 5.02 Å². The third kappa shape index (κ3) is 5.97. The molecule has 1 aliphatic rings. The van der Waals surface area contributed by atoms with Crippen LogP contribution in [-0.2, 0) is 10.5 Å². The molecule has 2 aromatic carbocycles. The van der Waals surface area contributed by atoms with Crippen LogP contribution < -0.4 is 10.2 Å². The van der Waals surface area contributed by atoms with E-state index < -0.39 is 0 Å². The zero-order valence-corrected chi connectivity index (χ0v) is 16.4. The van der Waals surface area contributed by atoms with Crippen molar-refractivity contribution >= 4 is 47.2 Å². The first kappa shape index (κ1) is 19.1. The number of halogens is 1. The fourth-order valence-electron chi connectivity index (χ4n) is 2.19. The first-order valence-corrected chi connectivity index (χ1v) is 10.9. The van der Waals surface area contributed by atoms with E-state index in [0.29, 0.717) is 17.6 Å². The van der Waals surface area contributed by atoms with E-state index in [9.17, 15) is 4.79 Å². The monoisotopic (exact) mass is 406 g/mol. The Morgan fingerprint density at radius 2 is 2.04 bits per heavy atom. The molecule has 26 heavy (non-hydrogen) atoms. The number of carbonyl (C=O) groups excluding carboxylic acids is 1. The standard InChI is InChI=1S/C19H19ClN2O2S2/c20-18-4-2-1-3-15(18)10-25-13-19(23)22-21-9-14-5-7-16(8-6-14)24-17-11-26-12-17/h1-9,17H,10-13H2,(H,22,23). The molecule has 0 bridgehead atoms. The summed E-state index contributed by atoms with van der Waals surface area (Å²) in [4.78, 5) is 11.8. The van der Waals surface area contributed by atoms with E-state index in [2.05, 4.69) is 10.5 Å². The van der Waals surface area contributed by atoms with E-state index in [-0.39, 0.29) is 5.91 Å². The maximum Gasteiger partial charge on any atom is 0.250 e. The van der Waals surface area contributed by atoms with Crippen molar-refractivity contribution in [1.29, 1.82) is 0 Å². The van der Waals surface area contributed by atoms with Crippen molar-refractivity contribution < 1.29 is 9.53 Å². The Morgan fingerprint density at radius 3 is 2.73 bits per heavy atom. The second-order valence-corrected chi connectivity index (χ2v) is 8.19. The molecule has 0 spiro atoms. The van der Waals surface area contributed by atoms with Gasteiger partial charge in [-0.1, -0.05) is 29.8 Å². The molecule has 0 atom stereocenters. The Labute approximate surface area is 166 Å². The summed E-state index contributed by atoms with van der Waals surface area (Å²) < 4.78 is 5.79. The molecule has 1 aliphatic heterocycles. The third-order valence-electron chi connectivity index (χ3n) is 3.64. The van der Waals surface area contributed by atoms with Crippen molar-refractivity contribution in [2.24, 2.45) is 5.10 Å². The molecule has 1 amide bonds. The van der Waals surface area contributed by atoms with E-state index in [0.717, 1.165) is 33.4 Å². The van der Waals surface area contributed by atoms with Gasteiger partial charge in [0.05, 0.1) is 12.0 Å². The summed E-state index contributed by atoms with van der Waals surface area (Å²) in [7, 11) is 0. The Kier molecular flexibility index (Phi) is 7.29. The maximum absolute atomic E-state index is 11.8. The minimum absolute atomic E-state index is 0.138. The molecule has 136 valence electrons. The lowest BCUT2D eigenvalue weighted by Gasteiger charge is -2.25. The molecule has 2 aromatic rings. The zero-order chi connectivity index (χ0) is 18.2. The number of rotatable bonds is 8. The van der Waals surface area contributed by atoms with Gasteiger partial charge in [-0.05, 0) is 41.5 Å². The second-order valence-electron chi connectivity index (χ2n) is 5.72. The van der Waals surface area contributed by atoms with Crippen LogP contribution >= 0.6 is 35.1 Å². The Bertz CT molecular complexity index is 764. The number of nitrogens with zero attached hydrogens (tertiary/aromatic N) is 1. The van der Waals surface area contributed by atoms with Crippen molar-refractivity contribution in [1.82, 2.24) is 5.43 Å². The molecule has 0 saturated carbocycles. The van der Waals surface area contributed by atoms with Gasteiger partial charge in [0, 0.05) is 22.3 Å². The lowest BCUT2D eigenvalue weighted by Crippen LogP contribution is -2.30. The molecule has 1 N–H and O–H groups in total. The number of benzene rings is 2. The number of ether oxygens (including phenoxy) is 1. The van der Waals surface area contributed by atoms with Gasteiger partial charge in [0.15, 0.2) is 0 Å². The summed E-state index contributed by atoms with van der Waals surface area (Å²) in [6.45, 7) is 0. The number of amides is 1. The van der Waals surface area contributed by atoms with Crippen LogP contribution in [0.1, 0.15) is 11.1 Å². The molecule has 0 aliphatic carbocycles. The van der Waals surface area contributed by atoms with Gasteiger partial charge in [0.25, 0.3) is 0 Å². The van der Waals surface area contributed by atoms with E-state index in [1.54, 1.807) is 6.21 Å². The lowest BCUT2D eigenvalue weighted by molar-refractivity contribution is -0.118. The quantitative estimate of drug-likeness (QED) is 0.526. The zero-order valence-electron chi connectivity index (χ0n) is 14.1. The summed E-state index contributed by atoms with van der Waals surface area (Å²) >= 11 is 9.49. The fourth-order valence-corrected chi connectivity index (χ4v) is 3.86. The van der Waals surface area contributed by atoms with Crippen LogP contribution in [0.3, 0.4) is 0 Å². The molecular formula is C19H19ClN2O2S2.